The van der Waals surface area contributed by atoms with Gasteiger partial charge in [0, 0.05) is 19.3 Å². The monoisotopic (exact) mass is 1170 g/mol. The molecule has 0 spiro atoms. The van der Waals surface area contributed by atoms with Crippen LogP contribution in [-0.2, 0) is 42.9 Å². The quantitative estimate of drug-likeness (QED) is 0.0228. The minimum atomic E-state index is -1.91. The minimum absolute atomic E-state index is 0.0514. The molecule has 482 valence electrons. The van der Waals surface area contributed by atoms with E-state index in [1.807, 2.05) is 0 Å². The zero-order valence-corrected chi connectivity index (χ0v) is 53.5. The van der Waals surface area contributed by atoms with Crippen molar-refractivity contribution in [3.8, 4) is 0 Å². The standard InChI is InChI=1S/C71H126O12/c1-4-7-10-13-16-19-22-25-28-31-32-35-36-39-42-45-48-51-54-57-63(72)79-60-62(81-64(73)58-55-52-49-46-43-40-37-33-29-26-23-20-17-14-11-8-5-2)61-80-71-69(67(76)66(75)68(83-71)70(77)78)82-65(74)59-56-53-50-47-44-41-38-34-30-27-24-21-18-15-12-9-6-3/h9,12,18,21,25,27-28,30,62,66-69,71,75-76H,4-8,10-11,13-17,19-20,22-24,26,29,31-61H2,1-3H3,(H,77,78)/b12-9-,21-18-,28-25-,30-27-. The number of allylic oxidation sites excluding steroid dienone is 8. The molecule has 12 nitrogen and oxygen atoms in total. The molecule has 0 bridgehead atoms. The van der Waals surface area contributed by atoms with Gasteiger partial charge in [0.15, 0.2) is 24.6 Å². The Morgan fingerprint density at radius 2 is 0.759 bits per heavy atom. The average molecular weight is 1170 g/mol. The summed E-state index contributed by atoms with van der Waals surface area (Å²) in [6, 6.07) is 0. The molecule has 1 fully saturated rings. The van der Waals surface area contributed by atoms with E-state index >= 15 is 0 Å². The van der Waals surface area contributed by atoms with Gasteiger partial charge >= 0.3 is 23.9 Å². The summed E-state index contributed by atoms with van der Waals surface area (Å²) in [7, 11) is 0. The van der Waals surface area contributed by atoms with Crippen LogP contribution in [0.3, 0.4) is 0 Å². The van der Waals surface area contributed by atoms with Crippen LogP contribution in [0.1, 0.15) is 329 Å². The number of aliphatic carboxylic acids is 1. The lowest BCUT2D eigenvalue weighted by Crippen LogP contribution is -2.61. The molecule has 0 aromatic rings. The van der Waals surface area contributed by atoms with Crippen molar-refractivity contribution >= 4 is 23.9 Å². The Morgan fingerprint density at radius 1 is 0.410 bits per heavy atom. The van der Waals surface area contributed by atoms with Crippen LogP contribution < -0.4 is 0 Å². The van der Waals surface area contributed by atoms with E-state index in [1.165, 1.54) is 167 Å². The zero-order chi connectivity index (χ0) is 60.3. The maximum absolute atomic E-state index is 13.2. The van der Waals surface area contributed by atoms with Crippen molar-refractivity contribution in [2.45, 2.75) is 366 Å². The van der Waals surface area contributed by atoms with Crippen molar-refractivity contribution in [3.63, 3.8) is 0 Å². The third-order valence-electron chi connectivity index (χ3n) is 15.9. The van der Waals surface area contributed by atoms with Crippen LogP contribution in [0.15, 0.2) is 48.6 Å². The number of esters is 3. The second-order valence-corrected chi connectivity index (χ2v) is 23.8. The van der Waals surface area contributed by atoms with E-state index in [0.29, 0.717) is 19.3 Å². The fourth-order valence-electron chi connectivity index (χ4n) is 10.6. The molecule has 1 aliphatic heterocycles. The number of rotatable bonds is 60. The lowest BCUT2D eigenvalue weighted by Gasteiger charge is -2.40. The fourth-order valence-corrected chi connectivity index (χ4v) is 10.6. The molecular weight excluding hydrogens is 1040 g/mol. The van der Waals surface area contributed by atoms with Gasteiger partial charge in [-0.2, -0.15) is 0 Å². The van der Waals surface area contributed by atoms with Crippen molar-refractivity contribution < 1.29 is 58.2 Å². The summed E-state index contributed by atoms with van der Waals surface area (Å²) < 4.78 is 28.6. The average Bonchev–Trinajstić information content (AvgIpc) is 3.55. The van der Waals surface area contributed by atoms with Crippen LogP contribution in [0.5, 0.6) is 0 Å². The Hall–Kier alpha value is -3.32. The number of aliphatic hydroxyl groups excluding tert-OH is 2. The van der Waals surface area contributed by atoms with Crippen molar-refractivity contribution in [2.75, 3.05) is 13.2 Å². The van der Waals surface area contributed by atoms with Gasteiger partial charge in [-0.3, -0.25) is 14.4 Å². The molecule has 6 unspecified atom stereocenters. The van der Waals surface area contributed by atoms with Crippen LogP contribution in [0.4, 0.5) is 0 Å². The number of carboxylic acid groups (broad SMARTS) is 1. The highest BCUT2D eigenvalue weighted by molar-refractivity contribution is 5.74. The number of aliphatic hydroxyl groups is 2. The molecule has 0 amide bonds. The number of ether oxygens (including phenoxy) is 5. The summed E-state index contributed by atoms with van der Waals surface area (Å²) in [5.74, 6) is -3.10. The molecule has 0 radical (unpaired) electrons. The summed E-state index contributed by atoms with van der Waals surface area (Å²) in [6.07, 6.45) is 60.6. The van der Waals surface area contributed by atoms with Gasteiger partial charge in [0.1, 0.15) is 18.8 Å². The molecule has 83 heavy (non-hydrogen) atoms. The van der Waals surface area contributed by atoms with Crippen molar-refractivity contribution in [2.24, 2.45) is 0 Å². The van der Waals surface area contributed by atoms with Crippen molar-refractivity contribution in [1.82, 2.24) is 0 Å². The lowest BCUT2D eigenvalue weighted by atomic mass is 9.98. The molecule has 0 aromatic carbocycles. The second-order valence-electron chi connectivity index (χ2n) is 23.8. The number of carbonyl (C=O) groups excluding carboxylic acids is 3. The largest absolute Gasteiger partial charge is 0.479 e. The molecule has 0 saturated carbocycles. The maximum atomic E-state index is 13.2. The third kappa shape index (κ3) is 48.5. The van der Waals surface area contributed by atoms with E-state index < -0.39 is 67.3 Å². The third-order valence-corrected chi connectivity index (χ3v) is 15.9. The first-order valence-corrected chi connectivity index (χ1v) is 34.6. The summed E-state index contributed by atoms with van der Waals surface area (Å²) in [6.45, 7) is 5.94. The van der Waals surface area contributed by atoms with Crippen LogP contribution >= 0.6 is 0 Å². The van der Waals surface area contributed by atoms with Crippen molar-refractivity contribution in [1.29, 1.82) is 0 Å². The molecule has 1 heterocycles. The minimum Gasteiger partial charge on any atom is -0.479 e. The first-order chi connectivity index (χ1) is 40.6. The first-order valence-electron chi connectivity index (χ1n) is 34.6. The molecule has 6 atom stereocenters. The smallest absolute Gasteiger partial charge is 0.335 e. The summed E-state index contributed by atoms with van der Waals surface area (Å²) in [5, 5.41) is 31.6. The van der Waals surface area contributed by atoms with E-state index in [4.69, 9.17) is 23.7 Å². The number of hydrogen-bond donors (Lipinski definition) is 3. The molecule has 3 N–H and O–H groups in total. The zero-order valence-electron chi connectivity index (χ0n) is 53.5. The normalized spacial score (nSPS) is 17.8. The maximum Gasteiger partial charge on any atom is 0.335 e. The van der Waals surface area contributed by atoms with Crippen LogP contribution in [0.2, 0.25) is 0 Å². The van der Waals surface area contributed by atoms with E-state index in [-0.39, 0.29) is 25.9 Å². The molecule has 1 saturated heterocycles. The topological polar surface area (TPSA) is 175 Å². The molecule has 12 heteroatoms. The van der Waals surface area contributed by atoms with Gasteiger partial charge in [0.2, 0.25) is 0 Å². The Morgan fingerprint density at radius 3 is 1.17 bits per heavy atom. The summed E-state index contributed by atoms with van der Waals surface area (Å²) in [4.78, 5) is 51.4. The molecule has 0 aliphatic carbocycles. The molecule has 0 aromatic heterocycles. The van der Waals surface area contributed by atoms with E-state index in [1.54, 1.807) is 0 Å². The highest BCUT2D eigenvalue weighted by Gasteiger charge is 2.50. The van der Waals surface area contributed by atoms with Gasteiger partial charge in [0.25, 0.3) is 0 Å². The number of unbranched alkanes of at least 4 members (excludes halogenated alkanes) is 38. The Kier molecular flexibility index (Phi) is 55.3. The van der Waals surface area contributed by atoms with Crippen molar-refractivity contribution in [3.05, 3.63) is 48.6 Å². The van der Waals surface area contributed by atoms with Crippen LogP contribution in [0.25, 0.3) is 0 Å². The van der Waals surface area contributed by atoms with Gasteiger partial charge in [-0.15, -0.1) is 0 Å². The van der Waals surface area contributed by atoms with Crippen LogP contribution in [-0.4, -0.2) is 89.2 Å². The number of hydrogen-bond acceptors (Lipinski definition) is 11. The fraction of sp³-hybridized carbons (Fsp3) is 0.831. The molecule has 1 aliphatic rings. The molecular formula is C71H126O12. The van der Waals surface area contributed by atoms with Gasteiger partial charge in [-0.1, -0.05) is 281 Å². The Balaban J connectivity index is 2.63. The van der Waals surface area contributed by atoms with Gasteiger partial charge in [0.05, 0.1) is 6.61 Å². The van der Waals surface area contributed by atoms with Gasteiger partial charge in [-0.25, -0.2) is 4.79 Å². The summed E-state index contributed by atoms with van der Waals surface area (Å²) in [5.41, 5.74) is 0. The summed E-state index contributed by atoms with van der Waals surface area (Å²) >= 11 is 0. The Bertz CT molecular complexity index is 1630. The number of carboxylic acids is 1. The van der Waals surface area contributed by atoms with E-state index in [9.17, 15) is 34.5 Å². The predicted molar refractivity (Wildman–Crippen MR) is 340 cm³/mol. The highest BCUT2D eigenvalue weighted by atomic mass is 16.7. The van der Waals surface area contributed by atoms with E-state index in [0.717, 1.165) is 103 Å². The Labute approximate surface area is 507 Å². The van der Waals surface area contributed by atoms with Gasteiger partial charge < -0.3 is 39.0 Å². The predicted octanol–water partition coefficient (Wildman–Crippen LogP) is 18.9. The first kappa shape index (κ1) is 77.7. The lowest BCUT2D eigenvalue weighted by molar-refractivity contribution is -0.301. The van der Waals surface area contributed by atoms with Gasteiger partial charge in [-0.05, 0) is 77.0 Å². The molecule has 1 rings (SSSR count). The SMILES string of the molecule is CC/C=C\C/C=C\C/C=C\CCCCCCCCCC(=O)OC1C(OCC(COC(=O)CCCCCCCCCCC/C=C\CCCCCCCC)OC(=O)CCCCCCCCCCCCCCCCCCC)OC(C(=O)O)C(O)C1O. The second kappa shape index (κ2) is 59.0. The number of carbonyl (C=O) groups is 4. The highest BCUT2D eigenvalue weighted by Crippen LogP contribution is 2.27. The van der Waals surface area contributed by atoms with E-state index in [2.05, 4.69) is 69.4 Å². The van der Waals surface area contributed by atoms with Crippen LogP contribution in [0, 0.1) is 0 Å².